The van der Waals surface area contributed by atoms with Crippen molar-refractivity contribution in [2.75, 3.05) is 17.7 Å². The van der Waals surface area contributed by atoms with Crippen LogP contribution in [0.25, 0.3) is 0 Å². The molecule has 1 amide bonds. The van der Waals surface area contributed by atoms with Gasteiger partial charge in [0.15, 0.2) is 11.6 Å². The van der Waals surface area contributed by atoms with Gasteiger partial charge in [-0.2, -0.15) is 18.2 Å². The Bertz CT molecular complexity index is 1110. The Morgan fingerprint density at radius 3 is 2.48 bits per heavy atom. The van der Waals surface area contributed by atoms with Crippen molar-refractivity contribution in [1.29, 1.82) is 0 Å². The van der Waals surface area contributed by atoms with Gasteiger partial charge in [-0.25, -0.2) is 9.37 Å². The molecule has 2 aromatic rings. The van der Waals surface area contributed by atoms with E-state index in [0.29, 0.717) is 0 Å². The number of benzene rings is 1. The van der Waals surface area contributed by atoms with E-state index in [1.165, 1.54) is 25.3 Å². The van der Waals surface area contributed by atoms with Crippen molar-refractivity contribution in [2.45, 2.75) is 6.18 Å². The molecule has 7 nitrogen and oxygen atoms in total. The maximum Gasteiger partial charge on any atom is 0.416 e. The van der Waals surface area contributed by atoms with Crippen LogP contribution in [0.1, 0.15) is 5.56 Å². The minimum Gasteiger partial charge on any atom is -0.356 e. The molecule has 11 heteroatoms. The Morgan fingerprint density at radius 1 is 1.13 bits per heavy atom. The summed E-state index contributed by atoms with van der Waals surface area (Å²) in [7, 11) is 1.42. The summed E-state index contributed by atoms with van der Waals surface area (Å²) in [6.45, 7) is 0. The number of nitrogens with zero attached hydrogens (tertiary/aromatic N) is 2. The third-order valence-corrected chi connectivity index (χ3v) is 4.04. The van der Waals surface area contributed by atoms with Crippen LogP contribution in [-0.2, 0) is 15.8 Å². The summed E-state index contributed by atoms with van der Waals surface area (Å²) in [5, 5.41) is 7.58. The van der Waals surface area contributed by atoms with Gasteiger partial charge in [-0.3, -0.25) is 9.59 Å². The van der Waals surface area contributed by atoms with E-state index in [4.69, 9.17) is 0 Å². The molecule has 0 radical (unpaired) electrons. The van der Waals surface area contributed by atoms with Crippen molar-refractivity contribution in [2.24, 2.45) is 0 Å². The Hall–Kier alpha value is -4.02. The maximum absolute atomic E-state index is 14.1. The first kappa shape index (κ1) is 21.7. The minimum atomic E-state index is -4.49. The highest BCUT2D eigenvalue weighted by Gasteiger charge is 2.30. The zero-order chi connectivity index (χ0) is 22.6. The molecule has 0 unspecified atom stereocenters. The second kappa shape index (κ2) is 8.78. The zero-order valence-corrected chi connectivity index (χ0v) is 15.9. The molecule has 31 heavy (non-hydrogen) atoms. The molecule has 3 N–H and O–H groups in total. The number of Topliss-reactive ketones (excluding diaryl/α,β-unsaturated/α-hetero) is 1. The van der Waals surface area contributed by atoms with Gasteiger partial charge in [0.2, 0.25) is 17.6 Å². The quantitative estimate of drug-likeness (QED) is 0.494. The van der Waals surface area contributed by atoms with Crippen LogP contribution >= 0.6 is 0 Å². The first-order valence-electron chi connectivity index (χ1n) is 8.77. The van der Waals surface area contributed by atoms with Gasteiger partial charge in [-0.05, 0) is 30.3 Å². The van der Waals surface area contributed by atoms with Crippen LogP contribution in [0.5, 0.6) is 0 Å². The third kappa shape index (κ3) is 5.32. The summed E-state index contributed by atoms with van der Waals surface area (Å²) in [6, 6.07) is 3.95. The van der Waals surface area contributed by atoms with Crippen LogP contribution in [0, 0.1) is 5.82 Å². The fourth-order valence-electron chi connectivity index (χ4n) is 2.50. The lowest BCUT2D eigenvalue weighted by molar-refractivity contribution is -0.137. The summed E-state index contributed by atoms with van der Waals surface area (Å²) < 4.78 is 52.1. The first-order valence-corrected chi connectivity index (χ1v) is 8.77. The molecule has 1 aromatic heterocycles. The number of hydrogen-bond donors (Lipinski definition) is 3. The first-order chi connectivity index (χ1) is 14.7. The number of ketones is 1. The number of likely N-dealkylation sites (N-methyl/N-ethyl adjacent to an activating group) is 1. The van der Waals surface area contributed by atoms with Crippen molar-refractivity contribution < 1.29 is 27.2 Å². The lowest BCUT2D eigenvalue weighted by Gasteiger charge is -2.13. The number of halogens is 4. The van der Waals surface area contributed by atoms with Crippen LogP contribution in [-0.4, -0.2) is 28.7 Å². The Balaban J connectivity index is 1.78. The Labute approximate surface area is 173 Å². The molecule has 1 heterocycles. The summed E-state index contributed by atoms with van der Waals surface area (Å²) in [5.41, 5.74) is -0.512. The van der Waals surface area contributed by atoms with Crippen molar-refractivity contribution in [3.05, 3.63) is 77.4 Å². The van der Waals surface area contributed by atoms with Gasteiger partial charge < -0.3 is 16.0 Å². The predicted molar refractivity (Wildman–Crippen MR) is 105 cm³/mol. The van der Waals surface area contributed by atoms with E-state index in [2.05, 4.69) is 25.9 Å². The number of carbonyl (C=O) groups is 2. The van der Waals surface area contributed by atoms with E-state index in [1.807, 2.05) is 0 Å². The van der Waals surface area contributed by atoms with Crippen LogP contribution < -0.4 is 16.0 Å². The number of alkyl halides is 3. The van der Waals surface area contributed by atoms with Gasteiger partial charge in [0.25, 0.3) is 0 Å². The Morgan fingerprint density at radius 2 is 1.84 bits per heavy atom. The van der Waals surface area contributed by atoms with Gasteiger partial charge in [0.05, 0.1) is 17.5 Å². The molecule has 0 saturated carbocycles. The standard InChI is InChI=1S/C20H15F4N5O2/c1-25-16(30)9-11-3-2-4-15(17(11)31)28-19-26-10-14(21)18(29-19)27-13-7-5-12(6-8-13)20(22,23)24/h2-10H,1H3,(H,25,30)(H2,26,27,28,29). The van der Waals surface area contributed by atoms with E-state index in [-0.39, 0.29) is 28.7 Å². The molecule has 0 saturated heterocycles. The molecule has 1 aromatic carbocycles. The highest BCUT2D eigenvalue weighted by atomic mass is 19.4. The van der Waals surface area contributed by atoms with Crippen LogP contribution in [0.4, 0.5) is 35.0 Å². The second-order valence-electron chi connectivity index (χ2n) is 6.20. The molecule has 1 aliphatic rings. The topological polar surface area (TPSA) is 96.0 Å². The molecule has 0 aliphatic heterocycles. The molecule has 0 spiro atoms. The van der Waals surface area contributed by atoms with Crippen molar-refractivity contribution >= 4 is 29.1 Å². The van der Waals surface area contributed by atoms with E-state index in [0.717, 1.165) is 36.5 Å². The minimum absolute atomic E-state index is 0.0461. The van der Waals surface area contributed by atoms with Crippen molar-refractivity contribution in [1.82, 2.24) is 15.3 Å². The molecule has 1 aliphatic carbocycles. The lowest BCUT2D eigenvalue weighted by Crippen LogP contribution is -2.20. The normalized spacial score (nSPS) is 14.9. The van der Waals surface area contributed by atoms with Gasteiger partial charge in [0, 0.05) is 24.4 Å². The molecule has 0 bridgehead atoms. The number of hydrogen-bond acceptors (Lipinski definition) is 6. The third-order valence-electron chi connectivity index (χ3n) is 4.04. The monoisotopic (exact) mass is 433 g/mol. The fraction of sp³-hybridized carbons (Fsp3) is 0.100. The van der Waals surface area contributed by atoms with E-state index >= 15 is 0 Å². The highest BCUT2D eigenvalue weighted by Crippen LogP contribution is 2.30. The molecule has 0 fully saturated rings. The fourth-order valence-corrected chi connectivity index (χ4v) is 2.50. The molecular weight excluding hydrogens is 418 g/mol. The van der Waals surface area contributed by atoms with E-state index < -0.39 is 29.2 Å². The number of carbonyl (C=O) groups excluding carboxylic acids is 2. The van der Waals surface area contributed by atoms with Gasteiger partial charge in [-0.1, -0.05) is 12.2 Å². The van der Waals surface area contributed by atoms with Crippen LogP contribution in [0.15, 0.2) is 66.0 Å². The number of anilines is 3. The van der Waals surface area contributed by atoms with Gasteiger partial charge in [0.1, 0.15) is 0 Å². The van der Waals surface area contributed by atoms with Crippen molar-refractivity contribution in [3.63, 3.8) is 0 Å². The average molecular weight is 433 g/mol. The number of amides is 1. The summed E-state index contributed by atoms with van der Waals surface area (Å²) >= 11 is 0. The summed E-state index contributed by atoms with van der Waals surface area (Å²) in [4.78, 5) is 31.6. The maximum atomic E-state index is 14.1. The SMILES string of the molecule is CNC(=O)C=C1C=CC=C(Nc2ncc(F)c(Nc3ccc(C(F)(F)F)cc3)n2)C1=O. The van der Waals surface area contributed by atoms with Gasteiger partial charge in [-0.15, -0.1) is 0 Å². The van der Waals surface area contributed by atoms with E-state index in [1.54, 1.807) is 0 Å². The van der Waals surface area contributed by atoms with Crippen LogP contribution in [0.3, 0.4) is 0 Å². The van der Waals surface area contributed by atoms with Crippen LogP contribution in [0.2, 0.25) is 0 Å². The molecule has 3 rings (SSSR count). The smallest absolute Gasteiger partial charge is 0.356 e. The number of allylic oxidation sites excluding steroid dienone is 4. The summed E-state index contributed by atoms with van der Waals surface area (Å²) in [6.07, 6.45) is 1.88. The second-order valence-corrected chi connectivity index (χ2v) is 6.20. The molecule has 160 valence electrons. The number of aromatic nitrogens is 2. The Kier molecular flexibility index (Phi) is 6.14. The predicted octanol–water partition coefficient (Wildman–Crippen LogP) is 3.49. The largest absolute Gasteiger partial charge is 0.416 e. The lowest BCUT2D eigenvalue weighted by atomic mass is 10.0. The average Bonchev–Trinajstić information content (AvgIpc) is 2.73. The zero-order valence-electron chi connectivity index (χ0n) is 15.9. The number of rotatable bonds is 5. The highest BCUT2D eigenvalue weighted by molar-refractivity contribution is 6.15. The van der Waals surface area contributed by atoms with Crippen molar-refractivity contribution in [3.8, 4) is 0 Å². The molecular formula is C20H15F4N5O2. The number of nitrogens with one attached hydrogen (secondary N) is 3. The summed E-state index contributed by atoms with van der Waals surface area (Å²) in [5.74, 6) is -2.26. The van der Waals surface area contributed by atoms with Gasteiger partial charge >= 0.3 is 6.18 Å². The van der Waals surface area contributed by atoms with E-state index in [9.17, 15) is 27.2 Å². The molecule has 0 atom stereocenters.